The summed E-state index contributed by atoms with van der Waals surface area (Å²) in [5.74, 6) is 1.68. The van der Waals surface area contributed by atoms with Crippen molar-refractivity contribution in [2.45, 2.75) is 63.6 Å². The lowest BCUT2D eigenvalue weighted by Crippen LogP contribution is -2.46. The number of benzene rings is 3. The van der Waals surface area contributed by atoms with Crippen LogP contribution in [0.4, 0.5) is 4.79 Å². The summed E-state index contributed by atoms with van der Waals surface area (Å²) in [6.45, 7) is 9.18. The van der Waals surface area contributed by atoms with Crippen LogP contribution in [0.15, 0.2) is 72.8 Å². The zero-order chi connectivity index (χ0) is 31.3. The summed E-state index contributed by atoms with van der Waals surface area (Å²) in [5, 5.41) is 2.91. The zero-order valence-electron chi connectivity index (χ0n) is 26.6. The first-order valence-electron chi connectivity index (χ1n) is 15.5. The summed E-state index contributed by atoms with van der Waals surface area (Å²) < 4.78 is 16.3. The van der Waals surface area contributed by atoms with Gasteiger partial charge in [0.25, 0.3) is 5.91 Å². The molecular weight excluding hydrogens is 554 g/mol. The van der Waals surface area contributed by atoms with Crippen LogP contribution in [-0.4, -0.2) is 73.8 Å². The number of alkyl carbamates (subject to hydrolysis) is 1. The molecular formula is C36H45N3O5. The van der Waals surface area contributed by atoms with Crippen molar-refractivity contribution < 1.29 is 23.8 Å². The normalized spacial score (nSPS) is 18.5. The molecule has 0 saturated carbocycles. The van der Waals surface area contributed by atoms with Gasteiger partial charge in [0.1, 0.15) is 17.1 Å². The molecule has 0 bridgehead atoms. The number of nitrogens with one attached hydrogen (secondary N) is 1. The lowest BCUT2D eigenvalue weighted by atomic mass is 9.69. The topological polar surface area (TPSA) is 80.3 Å². The molecule has 234 valence electrons. The minimum absolute atomic E-state index is 0.00945. The molecule has 0 aromatic heterocycles. The summed E-state index contributed by atoms with van der Waals surface area (Å²) >= 11 is 0. The molecule has 5 rings (SSSR count). The largest absolute Gasteiger partial charge is 0.497 e. The first kappa shape index (κ1) is 31.4. The van der Waals surface area contributed by atoms with E-state index in [9.17, 15) is 9.59 Å². The average Bonchev–Trinajstić information content (AvgIpc) is 3.48. The average molecular weight is 600 g/mol. The summed E-state index contributed by atoms with van der Waals surface area (Å²) in [5.41, 5.74) is 3.57. The SMILES string of the molecule is COc1ccc(C2(c3ccc(OC)cc3)CCCN(Cc3cccc(C(=O)N4CCC(NC(=O)OC(C)(C)C)C4)c3)C2)cc1. The van der Waals surface area contributed by atoms with E-state index in [1.807, 2.05) is 68.1 Å². The highest BCUT2D eigenvalue weighted by Crippen LogP contribution is 2.42. The molecule has 8 heteroatoms. The highest BCUT2D eigenvalue weighted by Gasteiger charge is 2.39. The third kappa shape index (κ3) is 7.36. The van der Waals surface area contributed by atoms with Crippen LogP contribution in [0.25, 0.3) is 0 Å². The second-order valence-electron chi connectivity index (χ2n) is 12.9. The maximum atomic E-state index is 13.5. The number of carbonyl (C=O) groups excluding carboxylic acids is 2. The van der Waals surface area contributed by atoms with Gasteiger partial charge in [0.15, 0.2) is 0 Å². The van der Waals surface area contributed by atoms with Crippen molar-refractivity contribution in [3.63, 3.8) is 0 Å². The van der Waals surface area contributed by atoms with Crippen LogP contribution in [0, 0.1) is 0 Å². The van der Waals surface area contributed by atoms with Crippen molar-refractivity contribution in [3.05, 3.63) is 95.1 Å². The van der Waals surface area contributed by atoms with E-state index in [4.69, 9.17) is 14.2 Å². The number of methoxy groups -OCH3 is 2. The van der Waals surface area contributed by atoms with Gasteiger partial charge in [0.2, 0.25) is 0 Å². The first-order valence-corrected chi connectivity index (χ1v) is 15.5. The third-order valence-electron chi connectivity index (χ3n) is 8.63. The van der Waals surface area contributed by atoms with E-state index in [0.717, 1.165) is 49.5 Å². The van der Waals surface area contributed by atoms with Gasteiger partial charge < -0.3 is 24.4 Å². The fraction of sp³-hybridized carbons (Fsp3) is 0.444. The van der Waals surface area contributed by atoms with Crippen molar-refractivity contribution in [3.8, 4) is 11.5 Å². The number of ether oxygens (including phenoxy) is 3. The number of hydrogen-bond acceptors (Lipinski definition) is 6. The summed E-state index contributed by atoms with van der Waals surface area (Å²) in [6, 6.07) is 24.8. The molecule has 2 saturated heterocycles. The number of amides is 2. The second-order valence-corrected chi connectivity index (χ2v) is 12.9. The fourth-order valence-corrected chi connectivity index (χ4v) is 6.52. The van der Waals surface area contributed by atoms with Gasteiger partial charge in [-0.3, -0.25) is 9.69 Å². The Bertz CT molecular complexity index is 1380. The molecule has 3 aromatic rings. The van der Waals surface area contributed by atoms with E-state index in [1.54, 1.807) is 14.2 Å². The molecule has 2 aliphatic rings. The molecule has 0 aliphatic carbocycles. The maximum Gasteiger partial charge on any atom is 0.407 e. The van der Waals surface area contributed by atoms with Crippen LogP contribution < -0.4 is 14.8 Å². The summed E-state index contributed by atoms with van der Waals surface area (Å²) in [4.78, 5) is 30.0. The Morgan fingerprint density at radius 2 is 1.55 bits per heavy atom. The summed E-state index contributed by atoms with van der Waals surface area (Å²) in [7, 11) is 3.39. The predicted molar refractivity (Wildman–Crippen MR) is 171 cm³/mol. The van der Waals surface area contributed by atoms with Crippen LogP contribution in [0.5, 0.6) is 11.5 Å². The number of nitrogens with zero attached hydrogens (tertiary/aromatic N) is 2. The molecule has 0 spiro atoms. The molecule has 2 amide bonds. The smallest absolute Gasteiger partial charge is 0.407 e. The molecule has 2 heterocycles. The maximum absolute atomic E-state index is 13.5. The van der Waals surface area contributed by atoms with Crippen molar-refractivity contribution in [1.82, 2.24) is 15.1 Å². The Kier molecular flexibility index (Phi) is 9.49. The Morgan fingerprint density at radius 3 is 2.14 bits per heavy atom. The number of hydrogen-bond donors (Lipinski definition) is 1. The van der Waals surface area contributed by atoms with Crippen LogP contribution in [0.3, 0.4) is 0 Å². The monoisotopic (exact) mass is 599 g/mol. The van der Waals surface area contributed by atoms with Gasteiger partial charge in [-0.25, -0.2) is 4.79 Å². The quantitative estimate of drug-likeness (QED) is 0.341. The Morgan fingerprint density at radius 1 is 0.909 bits per heavy atom. The van der Waals surface area contributed by atoms with E-state index < -0.39 is 11.7 Å². The van der Waals surface area contributed by atoms with E-state index in [0.29, 0.717) is 25.1 Å². The molecule has 2 fully saturated rings. The van der Waals surface area contributed by atoms with Gasteiger partial charge >= 0.3 is 6.09 Å². The number of rotatable bonds is 8. The number of likely N-dealkylation sites (tertiary alicyclic amines) is 2. The van der Waals surface area contributed by atoms with Gasteiger partial charge in [0.05, 0.1) is 20.3 Å². The fourth-order valence-electron chi connectivity index (χ4n) is 6.52. The highest BCUT2D eigenvalue weighted by atomic mass is 16.6. The molecule has 8 nitrogen and oxygen atoms in total. The summed E-state index contributed by atoms with van der Waals surface area (Å²) in [6.07, 6.45) is 2.35. The first-order chi connectivity index (χ1) is 21.1. The molecule has 1 N–H and O–H groups in total. The number of carbonyl (C=O) groups is 2. The minimum Gasteiger partial charge on any atom is -0.497 e. The molecule has 2 aliphatic heterocycles. The lowest BCUT2D eigenvalue weighted by Gasteiger charge is -2.44. The van der Waals surface area contributed by atoms with Crippen molar-refractivity contribution >= 4 is 12.0 Å². The zero-order valence-corrected chi connectivity index (χ0v) is 26.6. The Balaban J connectivity index is 1.30. The lowest BCUT2D eigenvalue weighted by molar-refractivity contribution is 0.0502. The van der Waals surface area contributed by atoms with Gasteiger partial charge in [0, 0.05) is 37.2 Å². The standard InChI is InChI=1S/C36H45N3O5/c1-35(2,3)44-34(41)37-30-18-21-39(24-30)33(40)27-9-6-8-26(22-27)23-38-20-7-19-36(25-38,28-10-14-31(42-4)15-11-28)29-12-16-32(43-5)17-13-29/h6,8-17,22,30H,7,18-21,23-25H2,1-5H3,(H,37,41). The van der Waals surface area contributed by atoms with E-state index in [1.165, 1.54) is 11.1 Å². The molecule has 0 radical (unpaired) electrons. The van der Waals surface area contributed by atoms with Crippen LogP contribution in [0.2, 0.25) is 0 Å². The second kappa shape index (κ2) is 13.3. The Labute approximate surface area is 261 Å². The molecule has 1 atom stereocenters. The van der Waals surface area contributed by atoms with Gasteiger partial charge in [-0.05, 0) is 99.7 Å². The van der Waals surface area contributed by atoms with Gasteiger partial charge in [-0.1, -0.05) is 36.4 Å². The van der Waals surface area contributed by atoms with E-state index in [-0.39, 0.29) is 17.4 Å². The van der Waals surface area contributed by atoms with Crippen LogP contribution in [0.1, 0.15) is 67.1 Å². The predicted octanol–water partition coefficient (Wildman–Crippen LogP) is 6.03. The van der Waals surface area contributed by atoms with E-state index >= 15 is 0 Å². The molecule has 3 aromatic carbocycles. The minimum atomic E-state index is -0.560. The van der Waals surface area contributed by atoms with Crippen molar-refractivity contribution in [1.29, 1.82) is 0 Å². The van der Waals surface area contributed by atoms with Crippen molar-refractivity contribution in [2.24, 2.45) is 0 Å². The van der Waals surface area contributed by atoms with Crippen LogP contribution in [-0.2, 0) is 16.7 Å². The van der Waals surface area contributed by atoms with E-state index in [2.05, 4.69) is 40.5 Å². The number of piperidine rings is 1. The van der Waals surface area contributed by atoms with Gasteiger partial charge in [-0.2, -0.15) is 0 Å². The van der Waals surface area contributed by atoms with Crippen molar-refractivity contribution in [2.75, 3.05) is 40.4 Å². The third-order valence-corrected chi connectivity index (χ3v) is 8.63. The highest BCUT2D eigenvalue weighted by molar-refractivity contribution is 5.94. The molecule has 44 heavy (non-hydrogen) atoms. The Hall–Kier alpha value is -4.04. The van der Waals surface area contributed by atoms with Gasteiger partial charge in [-0.15, -0.1) is 0 Å². The van der Waals surface area contributed by atoms with Crippen LogP contribution >= 0.6 is 0 Å². The molecule has 1 unspecified atom stereocenters.